The highest BCUT2D eigenvalue weighted by Crippen LogP contribution is 2.22. The van der Waals surface area contributed by atoms with Crippen molar-refractivity contribution < 1.29 is 0 Å². The van der Waals surface area contributed by atoms with Crippen molar-refractivity contribution >= 4 is 10.9 Å². The molecule has 1 aromatic carbocycles. The van der Waals surface area contributed by atoms with E-state index in [1.807, 2.05) is 0 Å². The number of aromatic nitrogens is 1. The summed E-state index contributed by atoms with van der Waals surface area (Å²) in [7, 11) is 0. The van der Waals surface area contributed by atoms with Gasteiger partial charge in [0.05, 0.1) is 0 Å². The Balaban J connectivity index is 2.01. The summed E-state index contributed by atoms with van der Waals surface area (Å²) in [6.07, 6.45) is 2.32. The van der Waals surface area contributed by atoms with Crippen molar-refractivity contribution in [1.82, 2.24) is 10.3 Å². The smallest absolute Gasteiger partial charge is 0.0458 e. The second kappa shape index (κ2) is 5.15. The van der Waals surface area contributed by atoms with Crippen molar-refractivity contribution in [2.24, 2.45) is 0 Å². The van der Waals surface area contributed by atoms with Crippen LogP contribution in [0.1, 0.15) is 38.4 Å². The number of aryl methyl sites for hydroxylation is 2. The van der Waals surface area contributed by atoms with Gasteiger partial charge in [0, 0.05) is 22.1 Å². The summed E-state index contributed by atoms with van der Waals surface area (Å²) in [5, 5.41) is 4.92. The van der Waals surface area contributed by atoms with Crippen LogP contribution in [0.4, 0.5) is 0 Å². The normalized spacial score (nSPS) is 12.2. The van der Waals surface area contributed by atoms with E-state index in [4.69, 9.17) is 0 Å². The summed E-state index contributed by atoms with van der Waals surface area (Å²) in [5.41, 5.74) is 4.26. The second-order valence-corrected chi connectivity index (χ2v) is 6.05. The van der Waals surface area contributed by atoms with Gasteiger partial charge in [0.2, 0.25) is 0 Å². The maximum absolute atomic E-state index is 3.54. The lowest BCUT2D eigenvalue weighted by atomic mass is 10.0. The number of H-pyrrole nitrogens is 1. The first-order valence-corrected chi connectivity index (χ1v) is 6.78. The molecular weight excluding hydrogens is 220 g/mol. The Labute approximate surface area is 110 Å². The van der Waals surface area contributed by atoms with E-state index < -0.39 is 0 Å². The number of aromatic amines is 1. The molecular formula is C16H24N2. The number of para-hydroxylation sites is 1. The minimum atomic E-state index is 0.218. The van der Waals surface area contributed by atoms with Gasteiger partial charge in [-0.1, -0.05) is 18.2 Å². The molecule has 0 bridgehead atoms. The first-order valence-electron chi connectivity index (χ1n) is 6.78. The molecule has 0 radical (unpaired) electrons. The fourth-order valence-electron chi connectivity index (χ4n) is 2.39. The first-order chi connectivity index (χ1) is 8.47. The summed E-state index contributed by atoms with van der Waals surface area (Å²) in [5.74, 6) is 0. The minimum absolute atomic E-state index is 0.218. The quantitative estimate of drug-likeness (QED) is 0.787. The Hall–Kier alpha value is -1.28. The van der Waals surface area contributed by atoms with Gasteiger partial charge in [0.25, 0.3) is 0 Å². The van der Waals surface area contributed by atoms with Crippen molar-refractivity contribution in [2.75, 3.05) is 6.54 Å². The van der Waals surface area contributed by atoms with Crippen LogP contribution in [0.3, 0.4) is 0 Å². The van der Waals surface area contributed by atoms with E-state index >= 15 is 0 Å². The highest BCUT2D eigenvalue weighted by atomic mass is 14.9. The molecule has 0 amide bonds. The Morgan fingerprint density at radius 3 is 2.61 bits per heavy atom. The number of nitrogens with one attached hydrogen (secondary N) is 2. The van der Waals surface area contributed by atoms with Gasteiger partial charge in [-0.25, -0.2) is 0 Å². The molecule has 2 rings (SSSR count). The molecule has 0 fully saturated rings. The van der Waals surface area contributed by atoms with Crippen LogP contribution >= 0.6 is 0 Å². The Morgan fingerprint density at radius 1 is 1.17 bits per heavy atom. The third-order valence-electron chi connectivity index (χ3n) is 3.29. The van der Waals surface area contributed by atoms with E-state index in [2.05, 4.69) is 62.3 Å². The molecule has 0 atom stereocenters. The molecule has 98 valence electrons. The van der Waals surface area contributed by atoms with Gasteiger partial charge in [0.1, 0.15) is 0 Å². The topological polar surface area (TPSA) is 27.8 Å². The van der Waals surface area contributed by atoms with Crippen molar-refractivity contribution in [3.05, 3.63) is 35.5 Å². The third kappa shape index (κ3) is 3.14. The summed E-state index contributed by atoms with van der Waals surface area (Å²) >= 11 is 0. The van der Waals surface area contributed by atoms with Crippen LogP contribution in [0.25, 0.3) is 10.9 Å². The summed E-state index contributed by atoms with van der Waals surface area (Å²) in [4.78, 5) is 3.46. The standard InChI is InChI=1S/C16H24N2/c1-12-13(9-7-11-17-16(2,3)4)14-8-5-6-10-15(14)18-12/h5-6,8,10,17-18H,7,9,11H2,1-4H3. The summed E-state index contributed by atoms with van der Waals surface area (Å²) in [6.45, 7) is 9.88. The summed E-state index contributed by atoms with van der Waals surface area (Å²) in [6, 6.07) is 8.57. The monoisotopic (exact) mass is 244 g/mol. The molecule has 1 aromatic heterocycles. The lowest BCUT2D eigenvalue weighted by molar-refractivity contribution is 0.422. The van der Waals surface area contributed by atoms with Gasteiger partial charge < -0.3 is 10.3 Å². The zero-order valence-electron chi connectivity index (χ0n) is 11.9. The maximum Gasteiger partial charge on any atom is 0.0458 e. The Morgan fingerprint density at radius 2 is 1.89 bits per heavy atom. The van der Waals surface area contributed by atoms with Gasteiger partial charge in [0.15, 0.2) is 0 Å². The molecule has 0 aliphatic carbocycles. The van der Waals surface area contributed by atoms with Crippen molar-refractivity contribution in [2.45, 2.75) is 46.1 Å². The lowest BCUT2D eigenvalue weighted by Gasteiger charge is -2.20. The Bertz CT molecular complexity index is 517. The Kier molecular flexibility index (Phi) is 3.76. The maximum atomic E-state index is 3.54. The van der Waals surface area contributed by atoms with E-state index in [0.717, 1.165) is 13.0 Å². The first kappa shape index (κ1) is 13.2. The van der Waals surface area contributed by atoms with E-state index in [1.54, 1.807) is 0 Å². The number of hydrogen-bond acceptors (Lipinski definition) is 1. The molecule has 2 nitrogen and oxygen atoms in total. The molecule has 0 aliphatic heterocycles. The van der Waals surface area contributed by atoms with Crippen molar-refractivity contribution in [1.29, 1.82) is 0 Å². The molecule has 0 spiro atoms. The predicted octanol–water partition coefficient (Wildman–Crippen LogP) is 3.80. The highest BCUT2D eigenvalue weighted by molar-refractivity contribution is 5.84. The number of fused-ring (bicyclic) bond motifs is 1. The average Bonchev–Trinajstić information content (AvgIpc) is 2.59. The molecule has 1 heterocycles. The van der Waals surface area contributed by atoms with Gasteiger partial charge in [-0.05, 0) is 58.7 Å². The molecule has 2 aromatic rings. The van der Waals surface area contributed by atoms with Crippen LogP contribution < -0.4 is 5.32 Å². The molecule has 0 saturated carbocycles. The fraction of sp³-hybridized carbons (Fsp3) is 0.500. The van der Waals surface area contributed by atoms with E-state index in [9.17, 15) is 0 Å². The van der Waals surface area contributed by atoms with Gasteiger partial charge >= 0.3 is 0 Å². The van der Waals surface area contributed by atoms with Gasteiger partial charge in [-0.15, -0.1) is 0 Å². The average molecular weight is 244 g/mol. The molecule has 2 heteroatoms. The molecule has 0 aliphatic rings. The predicted molar refractivity (Wildman–Crippen MR) is 79.1 cm³/mol. The third-order valence-corrected chi connectivity index (χ3v) is 3.29. The highest BCUT2D eigenvalue weighted by Gasteiger charge is 2.10. The van der Waals surface area contributed by atoms with E-state index in [0.29, 0.717) is 0 Å². The van der Waals surface area contributed by atoms with E-state index in [1.165, 1.54) is 28.6 Å². The van der Waals surface area contributed by atoms with E-state index in [-0.39, 0.29) is 5.54 Å². The van der Waals surface area contributed by atoms with Crippen LogP contribution in [-0.4, -0.2) is 17.1 Å². The number of rotatable bonds is 4. The number of hydrogen-bond donors (Lipinski definition) is 2. The van der Waals surface area contributed by atoms with Crippen LogP contribution in [0.2, 0.25) is 0 Å². The zero-order chi connectivity index (χ0) is 13.2. The van der Waals surface area contributed by atoms with Gasteiger partial charge in [-0.3, -0.25) is 0 Å². The molecule has 0 unspecified atom stereocenters. The van der Waals surface area contributed by atoms with Crippen LogP contribution in [0.15, 0.2) is 24.3 Å². The van der Waals surface area contributed by atoms with Crippen LogP contribution in [-0.2, 0) is 6.42 Å². The minimum Gasteiger partial charge on any atom is -0.358 e. The zero-order valence-corrected chi connectivity index (χ0v) is 11.9. The SMILES string of the molecule is Cc1[nH]c2ccccc2c1CCCNC(C)(C)C. The molecule has 2 N–H and O–H groups in total. The van der Waals surface area contributed by atoms with Crippen molar-refractivity contribution in [3.8, 4) is 0 Å². The van der Waals surface area contributed by atoms with Crippen molar-refractivity contribution in [3.63, 3.8) is 0 Å². The fourth-order valence-corrected chi connectivity index (χ4v) is 2.39. The largest absolute Gasteiger partial charge is 0.358 e. The lowest BCUT2D eigenvalue weighted by Crippen LogP contribution is -2.36. The second-order valence-electron chi connectivity index (χ2n) is 6.05. The van der Waals surface area contributed by atoms with Crippen LogP contribution in [0.5, 0.6) is 0 Å². The molecule has 18 heavy (non-hydrogen) atoms. The molecule has 0 saturated heterocycles. The summed E-state index contributed by atoms with van der Waals surface area (Å²) < 4.78 is 0. The van der Waals surface area contributed by atoms with Crippen LogP contribution in [0, 0.1) is 6.92 Å². The number of benzene rings is 1. The van der Waals surface area contributed by atoms with Gasteiger partial charge in [-0.2, -0.15) is 0 Å².